The zero-order chi connectivity index (χ0) is 13.7. The van der Waals surface area contributed by atoms with Gasteiger partial charge in [0.05, 0.1) is 12.3 Å². The molecule has 0 aliphatic carbocycles. The first-order valence-corrected chi connectivity index (χ1v) is 6.24. The number of amides is 1. The van der Waals surface area contributed by atoms with Crippen molar-refractivity contribution < 1.29 is 9.53 Å². The van der Waals surface area contributed by atoms with E-state index < -0.39 is 5.91 Å². The third-order valence-corrected chi connectivity index (χ3v) is 3.63. The number of anilines is 2. The Kier molecular flexibility index (Phi) is 4.95. The van der Waals surface area contributed by atoms with Crippen molar-refractivity contribution >= 4 is 27.9 Å². The van der Waals surface area contributed by atoms with E-state index in [1.807, 2.05) is 13.0 Å². The van der Waals surface area contributed by atoms with Gasteiger partial charge in [-0.15, -0.1) is 11.3 Å². The molecule has 0 spiro atoms. The summed E-state index contributed by atoms with van der Waals surface area (Å²) in [6.45, 7) is 2.50. The van der Waals surface area contributed by atoms with Gasteiger partial charge in [0.1, 0.15) is 21.5 Å². The van der Waals surface area contributed by atoms with Crippen LogP contribution in [-0.4, -0.2) is 25.7 Å². The van der Waals surface area contributed by atoms with Crippen LogP contribution in [0.5, 0.6) is 0 Å². The molecule has 1 aromatic rings. The number of nitrogens with zero attached hydrogens (tertiary/aromatic N) is 1. The van der Waals surface area contributed by atoms with Gasteiger partial charge in [0.15, 0.2) is 0 Å². The minimum absolute atomic E-state index is 0.0564. The Bertz CT molecular complexity index is 478. The minimum Gasteiger partial charge on any atom is -0.396 e. The summed E-state index contributed by atoms with van der Waals surface area (Å²) >= 11 is 1.10. The fourth-order valence-electron chi connectivity index (χ4n) is 1.49. The molecule has 1 atom stereocenters. The van der Waals surface area contributed by atoms with E-state index in [1.165, 1.54) is 0 Å². The Morgan fingerprint density at radius 1 is 1.67 bits per heavy atom. The van der Waals surface area contributed by atoms with Gasteiger partial charge in [-0.1, -0.05) is 6.92 Å². The van der Waals surface area contributed by atoms with Crippen LogP contribution >= 0.6 is 11.3 Å². The van der Waals surface area contributed by atoms with Crippen molar-refractivity contribution in [3.8, 4) is 6.07 Å². The second-order valence-corrected chi connectivity index (χ2v) is 4.75. The summed E-state index contributed by atoms with van der Waals surface area (Å²) in [5.74, 6) is -0.623. The number of hydrogen-bond donors (Lipinski definition) is 3. The van der Waals surface area contributed by atoms with Gasteiger partial charge in [0, 0.05) is 13.2 Å². The van der Waals surface area contributed by atoms with Gasteiger partial charge >= 0.3 is 0 Å². The van der Waals surface area contributed by atoms with Crippen LogP contribution in [0, 0.1) is 11.3 Å². The summed E-state index contributed by atoms with van der Waals surface area (Å²) in [7, 11) is 1.60. The minimum atomic E-state index is -0.623. The molecule has 0 fully saturated rings. The molecule has 0 aliphatic heterocycles. The van der Waals surface area contributed by atoms with Crippen molar-refractivity contribution in [3.63, 3.8) is 0 Å². The van der Waals surface area contributed by atoms with E-state index in [0.717, 1.165) is 17.8 Å². The van der Waals surface area contributed by atoms with E-state index in [-0.39, 0.29) is 22.2 Å². The van der Waals surface area contributed by atoms with E-state index >= 15 is 0 Å². The molecular formula is C11H16N4O2S. The van der Waals surface area contributed by atoms with E-state index in [0.29, 0.717) is 11.6 Å². The number of nitrogen functional groups attached to an aromatic ring is 1. The molecule has 0 aromatic carbocycles. The predicted molar refractivity (Wildman–Crippen MR) is 71.5 cm³/mol. The number of carbonyl (C=O) groups excluding carboxylic acids is 1. The number of primary amides is 1. The molecule has 0 bridgehead atoms. The van der Waals surface area contributed by atoms with Crippen molar-refractivity contribution in [3.05, 3.63) is 10.4 Å². The van der Waals surface area contributed by atoms with Gasteiger partial charge in [-0.25, -0.2) is 0 Å². The van der Waals surface area contributed by atoms with Crippen molar-refractivity contribution in [1.29, 1.82) is 5.26 Å². The third kappa shape index (κ3) is 2.91. The SMILES string of the molecule is CCC(COC)Nc1sc(C(N)=O)c(N)c1C#N. The highest BCUT2D eigenvalue weighted by atomic mass is 32.1. The number of thiophene rings is 1. The molecule has 1 heterocycles. The normalized spacial score (nSPS) is 11.8. The molecule has 0 radical (unpaired) electrons. The highest BCUT2D eigenvalue weighted by Crippen LogP contribution is 2.35. The molecule has 1 amide bonds. The first kappa shape index (κ1) is 14.3. The Morgan fingerprint density at radius 2 is 2.33 bits per heavy atom. The molecule has 1 unspecified atom stereocenters. The molecule has 98 valence electrons. The number of rotatable bonds is 6. The van der Waals surface area contributed by atoms with E-state index in [4.69, 9.17) is 21.5 Å². The second kappa shape index (κ2) is 6.23. The fraction of sp³-hybridized carbons (Fsp3) is 0.455. The van der Waals surface area contributed by atoms with Crippen LogP contribution in [0.15, 0.2) is 0 Å². The monoisotopic (exact) mass is 268 g/mol. The predicted octanol–water partition coefficient (Wildman–Crippen LogP) is 1.14. The highest BCUT2D eigenvalue weighted by Gasteiger charge is 2.20. The lowest BCUT2D eigenvalue weighted by Gasteiger charge is -2.15. The Balaban J connectivity index is 3.05. The van der Waals surface area contributed by atoms with E-state index in [1.54, 1.807) is 7.11 Å². The number of nitriles is 1. The molecule has 1 aromatic heterocycles. The molecule has 7 heteroatoms. The number of hydrogen-bond acceptors (Lipinski definition) is 6. The number of nitrogens with two attached hydrogens (primary N) is 2. The summed E-state index contributed by atoms with van der Waals surface area (Å²) in [5, 5.41) is 12.8. The third-order valence-electron chi connectivity index (χ3n) is 2.48. The summed E-state index contributed by atoms with van der Waals surface area (Å²) < 4.78 is 5.06. The standard InChI is InChI=1S/C11H16N4O2S/c1-3-6(5-17-2)15-11-7(4-12)8(13)9(18-11)10(14)16/h6,15H,3,5,13H2,1-2H3,(H2,14,16). The molecule has 18 heavy (non-hydrogen) atoms. The van der Waals surface area contributed by atoms with Crippen molar-refractivity contribution in [2.75, 3.05) is 24.8 Å². The van der Waals surface area contributed by atoms with Gasteiger partial charge < -0.3 is 21.5 Å². The van der Waals surface area contributed by atoms with E-state index in [2.05, 4.69) is 5.32 Å². The summed E-state index contributed by atoms with van der Waals surface area (Å²) in [5.41, 5.74) is 11.3. The zero-order valence-corrected chi connectivity index (χ0v) is 11.1. The molecule has 1 rings (SSSR count). The topological polar surface area (TPSA) is 114 Å². The van der Waals surface area contributed by atoms with Gasteiger partial charge in [0.25, 0.3) is 5.91 Å². The largest absolute Gasteiger partial charge is 0.396 e. The lowest BCUT2D eigenvalue weighted by Crippen LogP contribution is -2.23. The van der Waals surface area contributed by atoms with Crippen LogP contribution in [0.4, 0.5) is 10.7 Å². The van der Waals surface area contributed by atoms with Crippen LogP contribution in [0.1, 0.15) is 28.6 Å². The van der Waals surface area contributed by atoms with Gasteiger partial charge in [-0.3, -0.25) is 4.79 Å². The van der Waals surface area contributed by atoms with Crippen LogP contribution in [0.3, 0.4) is 0 Å². The summed E-state index contributed by atoms with van der Waals surface area (Å²) in [6.07, 6.45) is 0.822. The van der Waals surface area contributed by atoms with Crippen molar-refractivity contribution in [1.82, 2.24) is 0 Å². The lowest BCUT2D eigenvalue weighted by atomic mass is 10.2. The van der Waals surface area contributed by atoms with Gasteiger partial charge in [-0.05, 0) is 6.42 Å². The Labute approximate surface area is 110 Å². The van der Waals surface area contributed by atoms with Crippen LogP contribution in [0.25, 0.3) is 0 Å². The Hall–Kier alpha value is -1.78. The lowest BCUT2D eigenvalue weighted by molar-refractivity contribution is 0.100. The van der Waals surface area contributed by atoms with E-state index in [9.17, 15) is 4.79 Å². The number of ether oxygens (including phenoxy) is 1. The number of methoxy groups -OCH3 is 1. The van der Waals surface area contributed by atoms with Crippen LogP contribution in [-0.2, 0) is 4.74 Å². The van der Waals surface area contributed by atoms with Gasteiger partial charge in [-0.2, -0.15) is 5.26 Å². The number of carbonyl (C=O) groups is 1. The maximum Gasteiger partial charge on any atom is 0.261 e. The maximum atomic E-state index is 11.2. The van der Waals surface area contributed by atoms with Crippen LogP contribution in [0.2, 0.25) is 0 Å². The second-order valence-electron chi connectivity index (χ2n) is 3.73. The highest BCUT2D eigenvalue weighted by molar-refractivity contribution is 7.18. The molecule has 6 nitrogen and oxygen atoms in total. The average Bonchev–Trinajstić information content (AvgIpc) is 2.65. The molecule has 0 saturated heterocycles. The summed E-state index contributed by atoms with van der Waals surface area (Å²) in [4.78, 5) is 11.4. The molecular weight excluding hydrogens is 252 g/mol. The summed E-state index contributed by atoms with van der Waals surface area (Å²) in [6, 6.07) is 2.04. The molecule has 5 N–H and O–H groups in total. The van der Waals surface area contributed by atoms with Crippen molar-refractivity contribution in [2.24, 2.45) is 5.73 Å². The first-order chi connectivity index (χ1) is 8.54. The van der Waals surface area contributed by atoms with Crippen LogP contribution < -0.4 is 16.8 Å². The zero-order valence-electron chi connectivity index (χ0n) is 10.3. The van der Waals surface area contributed by atoms with Gasteiger partial charge in [0.2, 0.25) is 0 Å². The maximum absolute atomic E-state index is 11.2. The molecule has 0 saturated carbocycles. The quantitative estimate of drug-likeness (QED) is 0.715. The molecule has 0 aliphatic rings. The Morgan fingerprint density at radius 3 is 2.78 bits per heavy atom. The average molecular weight is 268 g/mol. The first-order valence-electron chi connectivity index (χ1n) is 5.42. The van der Waals surface area contributed by atoms with Crippen molar-refractivity contribution in [2.45, 2.75) is 19.4 Å². The smallest absolute Gasteiger partial charge is 0.261 e. The fourth-order valence-corrected chi connectivity index (χ4v) is 2.49. The number of nitrogens with one attached hydrogen (secondary N) is 1.